The van der Waals surface area contributed by atoms with E-state index in [9.17, 15) is 13.2 Å². The number of aromatic nitrogens is 1. The Morgan fingerprint density at radius 2 is 2.00 bits per heavy atom. The van der Waals surface area contributed by atoms with Crippen LogP contribution in [0.4, 0.5) is 5.13 Å². The summed E-state index contributed by atoms with van der Waals surface area (Å²) in [6, 6.07) is 6.58. The zero-order chi connectivity index (χ0) is 15.7. The number of nitrogens with zero attached hydrogens (tertiary/aromatic N) is 1. The minimum Gasteiger partial charge on any atom is -0.298 e. The second kappa shape index (κ2) is 5.81. The van der Waals surface area contributed by atoms with E-state index in [1.165, 1.54) is 30.4 Å². The number of benzene rings is 1. The maximum atomic E-state index is 12.1. The lowest BCUT2D eigenvalue weighted by atomic mass is 10.1. The Morgan fingerprint density at radius 3 is 2.59 bits per heavy atom. The van der Waals surface area contributed by atoms with Gasteiger partial charge in [-0.25, -0.2) is 13.4 Å². The van der Waals surface area contributed by atoms with E-state index in [1.54, 1.807) is 24.3 Å². The summed E-state index contributed by atoms with van der Waals surface area (Å²) in [5, 5.41) is 5.37. The summed E-state index contributed by atoms with van der Waals surface area (Å²) in [7, 11) is -3.07. The first-order valence-corrected chi connectivity index (χ1v) is 9.88. The Labute approximate surface area is 133 Å². The molecule has 7 heteroatoms. The van der Waals surface area contributed by atoms with Gasteiger partial charge in [-0.05, 0) is 30.5 Å². The molecule has 0 saturated heterocycles. The Morgan fingerprint density at radius 1 is 1.32 bits per heavy atom. The Bertz CT molecular complexity index is 790. The van der Waals surface area contributed by atoms with Gasteiger partial charge in [-0.15, -0.1) is 11.3 Å². The zero-order valence-corrected chi connectivity index (χ0v) is 13.7. The van der Waals surface area contributed by atoms with Gasteiger partial charge in [0.25, 0.3) is 5.91 Å². The van der Waals surface area contributed by atoms with E-state index in [0.29, 0.717) is 22.2 Å². The average Bonchev–Trinajstić information content (AvgIpc) is 3.19. The second-order valence-electron chi connectivity index (χ2n) is 5.57. The van der Waals surface area contributed by atoms with Gasteiger partial charge in [0.05, 0.1) is 11.4 Å². The molecule has 2 aromatic rings. The van der Waals surface area contributed by atoms with E-state index in [1.807, 2.05) is 5.38 Å². The highest BCUT2D eigenvalue weighted by molar-refractivity contribution is 7.89. The summed E-state index contributed by atoms with van der Waals surface area (Å²) in [5.74, 6) is 0.311. The molecule has 1 aliphatic carbocycles. The standard InChI is InChI=1S/C15H16N2O3S2/c1-22(19,20)9-10-2-4-12(5-3-10)14(18)17-15-16-13(8-21-15)11-6-7-11/h2-5,8,11H,6-7,9H2,1H3,(H,16,17,18). The predicted octanol–water partition coefficient (Wildman–Crippen LogP) is 2.82. The van der Waals surface area contributed by atoms with Crippen LogP contribution in [0.25, 0.3) is 0 Å². The zero-order valence-electron chi connectivity index (χ0n) is 12.1. The number of nitrogens with one attached hydrogen (secondary N) is 1. The van der Waals surface area contributed by atoms with E-state index in [2.05, 4.69) is 10.3 Å². The Kier molecular flexibility index (Phi) is 4.01. The fraction of sp³-hybridized carbons (Fsp3) is 0.333. The van der Waals surface area contributed by atoms with Crippen LogP contribution < -0.4 is 5.32 Å². The average molecular weight is 336 g/mol. The highest BCUT2D eigenvalue weighted by Gasteiger charge is 2.26. The van der Waals surface area contributed by atoms with Gasteiger partial charge in [0, 0.05) is 23.1 Å². The maximum Gasteiger partial charge on any atom is 0.257 e. The molecule has 22 heavy (non-hydrogen) atoms. The van der Waals surface area contributed by atoms with Gasteiger partial charge in [-0.1, -0.05) is 12.1 Å². The highest BCUT2D eigenvalue weighted by atomic mass is 32.2. The van der Waals surface area contributed by atoms with Crippen molar-refractivity contribution in [3.05, 3.63) is 46.5 Å². The molecule has 5 nitrogen and oxygen atoms in total. The number of carbonyl (C=O) groups excluding carboxylic acids is 1. The van der Waals surface area contributed by atoms with E-state index < -0.39 is 9.84 Å². The van der Waals surface area contributed by atoms with Crippen molar-refractivity contribution in [2.75, 3.05) is 11.6 Å². The molecule has 116 valence electrons. The fourth-order valence-corrected chi connectivity index (χ4v) is 3.72. The van der Waals surface area contributed by atoms with Gasteiger partial charge in [0.2, 0.25) is 0 Å². The lowest BCUT2D eigenvalue weighted by Crippen LogP contribution is -2.12. The first-order chi connectivity index (χ1) is 10.4. The molecule has 1 fully saturated rings. The van der Waals surface area contributed by atoms with Crippen LogP contribution in [0.15, 0.2) is 29.6 Å². The Hall–Kier alpha value is -1.73. The van der Waals surface area contributed by atoms with Gasteiger partial charge >= 0.3 is 0 Å². The minimum absolute atomic E-state index is 0.0217. The van der Waals surface area contributed by atoms with Crippen molar-refractivity contribution < 1.29 is 13.2 Å². The molecule has 0 atom stereocenters. The summed E-state index contributed by atoms with van der Waals surface area (Å²) in [5.41, 5.74) is 2.22. The van der Waals surface area contributed by atoms with Crippen molar-refractivity contribution in [1.82, 2.24) is 4.98 Å². The summed E-state index contributed by atoms with van der Waals surface area (Å²) >= 11 is 1.43. The normalized spacial score (nSPS) is 14.8. The van der Waals surface area contributed by atoms with Gasteiger partial charge in [-0.2, -0.15) is 0 Å². The largest absolute Gasteiger partial charge is 0.298 e. The lowest BCUT2D eigenvalue weighted by Gasteiger charge is -2.03. The topological polar surface area (TPSA) is 76.1 Å². The molecule has 1 amide bonds. The molecule has 0 bridgehead atoms. The van der Waals surface area contributed by atoms with Gasteiger partial charge < -0.3 is 0 Å². The van der Waals surface area contributed by atoms with Crippen molar-refractivity contribution in [1.29, 1.82) is 0 Å². The summed E-state index contributed by atoms with van der Waals surface area (Å²) < 4.78 is 22.5. The predicted molar refractivity (Wildman–Crippen MR) is 87.0 cm³/mol. The number of thiazole rings is 1. The molecular formula is C15H16N2O3S2. The van der Waals surface area contributed by atoms with Crippen molar-refractivity contribution >= 4 is 32.2 Å². The SMILES string of the molecule is CS(=O)(=O)Cc1ccc(C(=O)Nc2nc(C3CC3)cs2)cc1. The van der Waals surface area contributed by atoms with Gasteiger partial charge in [-0.3, -0.25) is 10.1 Å². The molecule has 1 aromatic carbocycles. The van der Waals surface area contributed by atoms with E-state index in [-0.39, 0.29) is 11.7 Å². The molecule has 1 N–H and O–H groups in total. The molecular weight excluding hydrogens is 320 g/mol. The molecule has 1 saturated carbocycles. The van der Waals surface area contributed by atoms with Crippen molar-refractivity contribution in [3.63, 3.8) is 0 Å². The quantitative estimate of drug-likeness (QED) is 0.911. The molecule has 1 aliphatic rings. The summed E-state index contributed by atoms with van der Waals surface area (Å²) in [6.07, 6.45) is 3.55. The molecule has 3 rings (SSSR count). The number of hydrogen-bond acceptors (Lipinski definition) is 5. The van der Waals surface area contributed by atoms with Crippen LogP contribution in [0.5, 0.6) is 0 Å². The number of carbonyl (C=O) groups is 1. The first-order valence-electron chi connectivity index (χ1n) is 6.94. The molecule has 1 aromatic heterocycles. The molecule has 0 unspecified atom stereocenters. The minimum atomic E-state index is -3.07. The van der Waals surface area contributed by atoms with Crippen LogP contribution in [-0.2, 0) is 15.6 Å². The summed E-state index contributed by atoms with van der Waals surface area (Å²) in [4.78, 5) is 16.6. The Balaban J connectivity index is 1.66. The molecule has 0 aliphatic heterocycles. The van der Waals surface area contributed by atoms with Gasteiger partial charge in [0.1, 0.15) is 0 Å². The number of amides is 1. The molecule has 0 radical (unpaired) electrons. The monoisotopic (exact) mass is 336 g/mol. The van der Waals surface area contributed by atoms with Crippen molar-refractivity contribution in [2.45, 2.75) is 24.5 Å². The van der Waals surface area contributed by atoms with Crippen molar-refractivity contribution in [3.8, 4) is 0 Å². The third-order valence-electron chi connectivity index (χ3n) is 3.38. The number of hydrogen-bond donors (Lipinski definition) is 1. The van der Waals surface area contributed by atoms with Crippen LogP contribution in [0, 0.1) is 0 Å². The smallest absolute Gasteiger partial charge is 0.257 e. The number of rotatable bonds is 5. The van der Waals surface area contributed by atoms with Crippen LogP contribution in [0.1, 0.15) is 40.4 Å². The van der Waals surface area contributed by atoms with Crippen LogP contribution >= 0.6 is 11.3 Å². The third-order valence-corrected chi connectivity index (χ3v) is 5.02. The number of sulfone groups is 1. The molecule has 1 heterocycles. The number of anilines is 1. The maximum absolute atomic E-state index is 12.1. The second-order valence-corrected chi connectivity index (χ2v) is 8.57. The third kappa shape index (κ3) is 3.92. The van der Waals surface area contributed by atoms with Crippen LogP contribution in [0.2, 0.25) is 0 Å². The first kappa shape index (κ1) is 15.2. The highest BCUT2D eigenvalue weighted by Crippen LogP contribution is 2.40. The van der Waals surface area contributed by atoms with Crippen LogP contribution in [-0.4, -0.2) is 25.6 Å². The van der Waals surface area contributed by atoms with E-state index in [0.717, 1.165) is 5.69 Å². The van der Waals surface area contributed by atoms with Crippen LogP contribution in [0.3, 0.4) is 0 Å². The summed E-state index contributed by atoms with van der Waals surface area (Å²) in [6.45, 7) is 0. The molecule has 0 spiro atoms. The van der Waals surface area contributed by atoms with E-state index >= 15 is 0 Å². The van der Waals surface area contributed by atoms with E-state index in [4.69, 9.17) is 0 Å². The van der Waals surface area contributed by atoms with Crippen molar-refractivity contribution in [2.24, 2.45) is 0 Å². The fourth-order valence-electron chi connectivity index (χ4n) is 2.13. The lowest BCUT2D eigenvalue weighted by molar-refractivity contribution is 0.102. The van der Waals surface area contributed by atoms with Gasteiger partial charge in [0.15, 0.2) is 15.0 Å².